The molecule has 1 aliphatic heterocycles. The Kier molecular flexibility index (Phi) is 4.09. The first-order valence-corrected chi connectivity index (χ1v) is 9.66. The van der Waals surface area contributed by atoms with Crippen molar-refractivity contribution in [3.63, 3.8) is 0 Å². The molecule has 1 amide bonds. The summed E-state index contributed by atoms with van der Waals surface area (Å²) in [6, 6.07) is 7.13. The zero-order chi connectivity index (χ0) is 20.1. The number of halogens is 1. The molecule has 1 aromatic carbocycles. The normalized spacial score (nSPS) is 16.7. The van der Waals surface area contributed by atoms with Crippen LogP contribution < -0.4 is 10.6 Å². The summed E-state index contributed by atoms with van der Waals surface area (Å²) in [5, 5.41) is 11.9. The van der Waals surface area contributed by atoms with E-state index in [0.717, 1.165) is 36.0 Å². The molecule has 148 valence electrons. The average molecular weight is 392 g/mol. The summed E-state index contributed by atoms with van der Waals surface area (Å²) in [4.78, 5) is 20.1. The number of amides is 1. The Morgan fingerprint density at radius 2 is 2.17 bits per heavy atom. The smallest absolute Gasteiger partial charge is 0.256 e. The van der Waals surface area contributed by atoms with Crippen molar-refractivity contribution in [2.45, 2.75) is 25.8 Å². The molecule has 0 saturated carbocycles. The predicted molar refractivity (Wildman–Crippen MR) is 109 cm³/mol. The standard InChI is InChI=1S/C21H21FN6O/c1-11-13-6-5-12(8-17(13)28(2)27-11)21(29)26-18-9-16-14(10-24-18)19(22)20(25-16)15-4-3-7-23-15/h5-6,8-10,15,23,25H,3-4,7H2,1-2H3,(H,24,26,29). The van der Waals surface area contributed by atoms with Crippen LogP contribution in [0.5, 0.6) is 0 Å². The molecule has 0 bridgehead atoms. The van der Waals surface area contributed by atoms with E-state index >= 15 is 0 Å². The number of hydrogen-bond donors (Lipinski definition) is 3. The zero-order valence-electron chi connectivity index (χ0n) is 16.2. The molecular weight excluding hydrogens is 371 g/mol. The lowest BCUT2D eigenvalue weighted by Gasteiger charge is -2.07. The molecule has 0 radical (unpaired) electrons. The van der Waals surface area contributed by atoms with Crippen molar-refractivity contribution in [2.24, 2.45) is 7.05 Å². The number of anilines is 1. The zero-order valence-corrected chi connectivity index (χ0v) is 16.2. The van der Waals surface area contributed by atoms with E-state index in [1.807, 2.05) is 20.0 Å². The first kappa shape index (κ1) is 17.8. The van der Waals surface area contributed by atoms with Gasteiger partial charge in [-0.1, -0.05) is 6.07 Å². The third kappa shape index (κ3) is 2.96. The molecule has 3 N–H and O–H groups in total. The number of aromatic amines is 1. The van der Waals surface area contributed by atoms with E-state index in [1.165, 1.54) is 6.20 Å². The van der Waals surface area contributed by atoms with Gasteiger partial charge in [-0.15, -0.1) is 0 Å². The Morgan fingerprint density at radius 3 is 2.97 bits per heavy atom. The van der Waals surface area contributed by atoms with Gasteiger partial charge in [-0.25, -0.2) is 9.37 Å². The molecule has 0 spiro atoms. The molecule has 29 heavy (non-hydrogen) atoms. The van der Waals surface area contributed by atoms with Gasteiger partial charge in [0.15, 0.2) is 5.82 Å². The number of aryl methyl sites for hydroxylation is 2. The van der Waals surface area contributed by atoms with Crippen LogP contribution in [0, 0.1) is 12.7 Å². The summed E-state index contributed by atoms with van der Waals surface area (Å²) in [6.07, 6.45) is 3.39. The number of aromatic nitrogens is 4. The number of nitrogens with one attached hydrogen (secondary N) is 3. The Balaban J connectivity index is 1.43. The fourth-order valence-electron chi connectivity index (χ4n) is 4.09. The highest BCUT2D eigenvalue weighted by Gasteiger charge is 2.23. The van der Waals surface area contributed by atoms with Crippen LogP contribution >= 0.6 is 0 Å². The number of carbonyl (C=O) groups is 1. The average Bonchev–Trinajstić information content (AvgIpc) is 3.41. The summed E-state index contributed by atoms with van der Waals surface area (Å²) in [5.74, 6) is -0.180. The molecule has 3 aromatic heterocycles. The van der Waals surface area contributed by atoms with Gasteiger partial charge < -0.3 is 15.6 Å². The second-order valence-electron chi connectivity index (χ2n) is 7.51. The fraction of sp³-hybridized carbons (Fsp3) is 0.286. The van der Waals surface area contributed by atoms with Crippen molar-refractivity contribution in [1.29, 1.82) is 0 Å². The SMILES string of the molecule is Cc1nn(C)c2cc(C(=O)Nc3cc4[nH]c(C5CCCN5)c(F)c4cn3)ccc12. The maximum absolute atomic E-state index is 14.7. The van der Waals surface area contributed by atoms with E-state index in [1.54, 1.807) is 22.9 Å². The highest BCUT2D eigenvalue weighted by atomic mass is 19.1. The minimum Gasteiger partial charge on any atom is -0.354 e. The van der Waals surface area contributed by atoms with E-state index in [-0.39, 0.29) is 17.8 Å². The van der Waals surface area contributed by atoms with Crippen molar-refractivity contribution in [2.75, 3.05) is 11.9 Å². The van der Waals surface area contributed by atoms with E-state index in [0.29, 0.717) is 28.0 Å². The van der Waals surface area contributed by atoms with Crippen LogP contribution in [-0.2, 0) is 7.05 Å². The van der Waals surface area contributed by atoms with Gasteiger partial charge in [0.1, 0.15) is 5.82 Å². The van der Waals surface area contributed by atoms with E-state index in [4.69, 9.17) is 0 Å². The van der Waals surface area contributed by atoms with Gasteiger partial charge in [-0.2, -0.15) is 5.10 Å². The number of carbonyl (C=O) groups excluding carboxylic acids is 1. The maximum Gasteiger partial charge on any atom is 0.256 e. The quantitative estimate of drug-likeness (QED) is 0.497. The van der Waals surface area contributed by atoms with Crippen LogP contribution in [0.4, 0.5) is 10.2 Å². The minimum atomic E-state index is -0.276. The molecule has 4 aromatic rings. The Morgan fingerprint density at radius 1 is 1.31 bits per heavy atom. The van der Waals surface area contributed by atoms with Gasteiger partial charge in [-0.3, -0.25) is 9.48 Å². The second-order valence-corrected chi connectivity index (χ2v) is 7.51. The highest BCUT2D eigenvalue weighted by molar-refractivity contribution is 6.06. The molecule has 8 heteroatoms. The van der Waals surface area contributed by atoms with Gasteiger partial charge in [0.05, 0.1) is 33.8 Å². The van der Waals surface area contributed by atoms with Crippen LogP contribution in [0.3, 0.4) is 0 Å². The van der Waals surface area contributed by atoms with Crippen molar-refractivity contribution in [1.82, 2.24) is 25.1 Å². The van der Waals surface area contributed by atoms with Crippen LogP contribution in [0.25, 0.3) is 21.8 Å². The largest absolute Gasteiger partial charge is 0.354 e. The lowest BCUT2D eigenvalue weighted by molar-refractivity contribution is 0.102. The molecule has 1 atom stereocenters. The van der Waals surface area contributed by atoms with Crippen molar-refractivity contribution < 1.29 is 9.18 Å². The van der Waals surface area contributed by atoms with Gasteiger partial charge >= 0.3 is 0 Å². The number of rotatable bonds is 3. The van der Waals surface area contributed by atoms with Crippen LogP contribution in [0.1, 0.15) is 40.6 Å². The number of hydrogen-bond acceptors (Lipinski definition) is 4. The van der Waals surface area contributed by atoms with Crippen molar-refractivity contribution in [3.8, 4) is 0 Å². The van der Waals surface area contributed by atoms with Crippen molar-refractivity contribution in [3.05, 3.63) is 53.2 Å². The Hall–Kier alpha value is -3.26. The molecule has 1 aliphatic rings. The second kappa shape index (κ2) is 6.66. The van der Waals surface area contributed by atoms with E-state index in [9.17, 15) is 9.18 Å². The molecule has 1 fully saturated rings. The third-order valence-electron chi connectivity index (χ3n) is 5.59. The summed E-state index contributed by atoms with van der Waals surface area (Å²) in [7, 11) is 1.85. The first-order valence-electron chi connectivity index (χ1n) is 9.66. The lowest BCUT2D eigenvalue weighted by Crippen LogP contribution is -2.14. The number of H-pyrrole nitrogens is 1. The number of benzene rings is 1. The molecular formula is C21H21FN6O. The van der Waals surface area contributed by atoms with Crippen molar-refractivity contribution >= 4 is 33.5 Å². The van der Waals surface area contributed by atoms with Crippen LogP contribution in [-0.4, -0.2) is 32.2 Å². The molecule has 4 heterocycles. The molecule has 0 aliphatic carbocycles. The fourth-order valence-corrected chi connectivity index (χ4v) is 4.09. The lowest BCUT2D eigenvalue weighted by atomic mass is 10.1. The molecule has 7 nitrogen and oxygen atoms in total. The van der Waals surface area contributed by atoms with Gasteiger partial charge in [0.2, 0.25) is 0 Å². The van der Waals surface area contributed by atoms with Gasteiger partial charge in [0.25, 0.3) is 5.91 Å². The Labute approximate surface area is 166 Å². The van der Waals surface area contributed by atoms with Crippen LogP contribution in [0.2, 0.25) is 0 Å². The summed E-state index contributed by atoms with van der Waals surface area (Å²) >= 11 is 0. The van der Waals surface area contributed by atoms with Gasteiger partial charge in [-0.05, 0) is 38.4 Å². The number of pyridine rings is 1. The predicted octanol–water partition coefficient (Wildman–Crippen LogP) is 3.57. The molecule has 1 unspecified atom stereocenters. The highest BCUT2D eigenvalue weighted by Crippen LogP contribution is 2.30. The van der Waals surface area contributed by atoms with Crippen LogP contribution in [0.15, 0.2) is 30.5 Å². The summed E-state index contributed by atoms with van der Waals surface area (Å²) in [5.41, 5.74) is 3.49. The summed E-state index contributed by atoms with van der Waals surface area (Å²) < 4.78 is 16.5. The van der Waals surface area contributed by atoms with E-state index in [2.05, 4.69) is 25.7 Å². The van der Waals surface area contributed by atoms with E-state index < -0.39 is 0 Å². The number of fused-ring (bicyclic) bond motifs is 2. The first-order chi connectivity index (χ1) is 14.0. The minimum absolute atomic E-state index is 0.00507. The monoisotopic (exact) mass is 392 g/mol. The molecule has 5 rings (SSSR count). The topological polar surface area (TPSA) is 87.6 Å². The number of nitrogens with zero attached hydrogens (tertiary/aromatic N) is 3. The maximum atomic E-state index is 14.7. The van der Waals surface area contributed by atoms with Gasteiger partial charge in [0, 0.05) is 30.3 Å². The summed E-state index contributed by atoms with van der Waals surface area (Å²) in [6.45, 7) is 2.83. The Bertz CT molecular complexity index is 1250. The third-order valence-corrected chi connectivity index (χ3v) is 5.59. The molecule has 1 saturated heterocycles.